The molecule has 3 rings (SSSR count). The molecule has 2 aromatic carbocycles. The number of alkyl halides is 2. The summed E-state index contributed by atoms with van der Waals surface area (Å²) >= 11 is 0. The minimum absolute atomic E-state index is 0.00675. The number of benzene rings is 2. The van der Waals surface area contributed by atoms with Crippen molar-refractivity contribution in [3.63, 3.8) is 0 Å². The summed E-state index contributed by atoms with van der Waals surface area (Å²) in [6.45, 7) is 12.1. The average molecular weight is 541 g/mol. The standard InChI is InChI=1S/C28H40F4O2Si2/c1-6-15-33-22-13-11-20-21-12-14-23(27(30)25(21)28(31,32)24(20)26(22)29)34-16-9-7-8-10-18-36(4,5)19-17-35(2)3/h11-14,35H,6-10,15-19H2,1-5H3. The zero-order valence-electron chi connectivity index (χ0n) is 22.3. The van der Waals surface area contributed by atoms with Gasteiger partial charge < -0.3 is 9.47 Å². The van der Waals surface area contributed by atoms with E-state index in [0.717, 1.165) is 19.3 Å². The third-order valence-electron chi connectivity index (χ3n) is 7.00. The third kappa shape index (κ3) is 6.54. The second kappa shape index (κ2) is 12.2. The summed E-state index contributed by atoms with van der Waals surface area (Å²) in [5.74, 6) is -6.52. The molecule has 0 spiro atoms. The highest BCUT2D eigenvalue weighted by molar-refractivity contribution is 6.78. The van der Waals surface area contributed by atoms with Crippen molar-refractivity contribution >= 4 is 16.9 Å². The van der Waals surface area contributed by atoms with Gasteiger partial charge in [0.15, 0.2) is 23.1 Å². The van der Waals surface area contributed by atoms with Crippen molar-refractivity contribution < 1.29 is 27.0 Å². The Hall–Kier alpha value is -1.81. The van der Waals surface area contributed by atoms with Gasteiger partial charge in [-0.2, -0.15) is 8.78 Å². The lowest BCUT2D eigenvalue weighted by molar-refractivity contribution is 0.0392. The highest BCUT2D eigenvalue weighted by Crippen LogP contribution is 2.55. The van der Waals surface area contributed by atoms with Crippen LogP contribution in [0.5, 0.6) is 11.5 Å². The molecule has 0 aliphatic heterocycles. The summed E-state index contributed by atoms with van der Waals surface area (Å²) < 4.78 is 71.5. The fraction of sp³-hybridized carbons (Fsp3) is 0.571. The number of ether oxygens (including phenoxy) is 2. The van der Waals surface area contributed by atoms with Crippen LogP contribution in [0.25, 0.3) is 11.1 Å². The van der Waals surface area contributed by atoms with Gasteiger partial charge in [0.05, 0.1) is 24.3 Å². The van der Waals surface area contributed by atoms with E-state index in [-0.39, 0.29) is 35.8 Å². The second-order valence-corrected chi connectivity index (χ2v) is 19.8. The van der Waals surface area contributed by atoms with E-state index in [1.807, 2.05) is 6.92 Å². The lowest BCUT2D eigenvalue weighted by Crippen LogP contribution is -2.26. The smallest absolute Gasteiger partial charge is 0.305 e. The molecule has 0 bridgehead atoms. The largest absolute Gasteiger partial charge is 0.491 e. The lowest BCUT2D eigenvalue weighted by Gasteiger charge is -2.23. The van der Waals surface area contributed by atoms with Gasteiger partial charge in [-0.3, -0.25) is 0 Å². The van der Waals surface area contributed by atoms with E-state index in [2.05, 4.69) is 26.2 Å². The van der Waals surface area contributed by atoms with Gasteiger partial charge in [0.25, 0.3) is 0 Å². The topological polar surface area (TPSA) is 18.5 Å². The SMILES string of the molecule is CCCOc1ccc2c(c1F)C(F)(F)c1c-2ccc(OCCCCCC[Si](C)(C)CC[SiH](C)C)c1F. The van der Waals surface area contributed by atoms with Crippen LogP contribution in [0, 0.1) is 11.6 Å². The quantitative estimate of drug-likeness (QED) is 0.135. The Morgan fingerprint density at radius 3 is 1.83 bits per heavy atom. The molecule has 8 heteroatoms. The Kier molecular flexibility index (Phi) is 9.71. The fourth-order valence-corrected chi connectivity index (χ4v) is 11.7. The molecule has 2 nitrogen and oxygen atoms in total. The van der Waals surface area contributed by atoms with Crippen LogP contribution in [0.4, 0.5) is 17.6 Å². The van der Waals surface area contributed by atoms with Crippen LogP contribution in [0.15, 0.2) is 24.3 Å². The Bertz CT molecular complexity index is 1040. The first-order valence-corrected chi connectivity index (χ1v) is 19.8. The van der Waals surface area contributed by atoms with Gasteiger partial charge in [-0.15, -0.1) is 0 Å². The van der Waals surface area contributed by atoms with E-state index in [9.17, 15) is 4.39 Å². The number of unbranched alkanes of at least 4 members (excludes halogenated alkanes) is 3. The summed E-state index contributed by atoms with van der Waals surface area (Å²) in [5, 5.41) is 0. The molecule has 200 valence electrons. The summed E-state index contributed by atoms with van der Waals surface area (Å²) in [6.07, 6.45) is 4.61. The van der Waals surface area contributed by atoms with Gasteiger partial charge in [0.1, 0.15) is 0 Å². The van der Waals surface area contributed by atoms with E-state index < -0.39 is 45.6 Å². The molecule has 1 aliphatic carbocycles. The molecule has 0 atom stereocenters. The van der Waals surface area contributed by atoms with Crippen molar-refractivity contribution in [3.8, 4) is 22.6 Å². The number of rotatable bonds is 14. The summed E-state index contributed by atoms with van der Waals surface area (Å²) in [6, 6.07) is 9.64. The number of hydrogen-bond acceptors (Lipinski definition) is 2. The van der Waals surface area contributed by atoms with E-state index in [4.69, 9.17) is 9.47 Å². The molecule has 2 aromatic rings. The monoisotopic (exact) mass is 540 g/mol. The van der Waals surface area contributed by atoms with Gasteiger partial charge >= 0.3 is 5.92 Å². The summed E-state index contributed by atoms with van der Waals surface area (Å²) in [7, 11) is -1.60. The van der Waals surface area contributed by atoms with Crippen molar-refractivity contribution in [1.29, 1.82) is 0 Å². The molecule has 0 fully saturated rings. The van der Waals surface area contributed by atoms with E-state index in [1.165, 1.54) is 48.8 Å². The van der Waals surface area contributed by atoms with Gasteiger partial charge in [0.2, 0.25) is 0 Å². The zero-order chi connectivity index (χ0) is 26.5. The summed E-state index contributed by atoms with van der Waals surface area (Å²) in [5.41, 5.74) is -1.67. The van der Waals surface area contributed by atoms with E-state index in [0.29, 0.717) is 6.42 Å². The Balaban J connectivity index is 1.58. The van der Waals surface area contributed by atoms with Crippen molar-refractivity contribution in [2.75, 3.05) is 13.2 Å². The Labute approximate surface area is 216 Å². The zero-order valence-corrected chi connectivity index (χ0v) is 24.4. The number of hydrogen-bond donors (Lipinski definition) is 0. The van der Waals surface area contributed by atoms with Gasteiger partial charge in [-0.05, 0) is 48.2 Å². The van der Waals surface area contributed by atoms with Gasteiger partial charge in [-0.25, -0.2) is 8.78 Å². The second-order valence-electron chi connectivity index (χ2n) is 11.1. The lowest BCUT2D eigenvalue weighted by atomic mass is 10.0. The van der Waals surface area contributed by atoms with Crippen LogP contribution in [0.2, 0.25) is 44.3 Å². The first-order valence-electron chi connectivity index (χ1n) is 13.3. The Morgan fingerprint density at radius 2 is 1.31 bits per heavy atom. The molecule has 0 heterocycles. The number of fused-ring (bicyclic) bond motifs is 3. The molecule has 0 unspecified atom stereocenters. The predicted octanol–water partition coefficient (Wildman–Crippen LogP) is 9.01. The molecular weight excluding hydrogens is 500 g/mol. The molecular formula is C28H40F4O2Si2. The molecule has 0 N–H and O–H groups in total. The highest BCUT2D eigenvalue weighted by atomic mass is 28.3. The first-order chi connectivity index (χ1) is 17.0. The van der Waals surface area contributed by atoms with Crippen molar-refractivity contribution in [1.82, 2.24) is 0 Å². The van der Waals surface area contributed by atoms with Crippen LogP contribution in [0.1, 0.15) is 50.2 Å². The van der Waals surface area contributed by atoms with Crippen molar-refractivity contribution in [3.05, 3.63) is 47.0 Å². The van der Waals surface area contributed by atoms with Crippen LogP contribution in [-0.2, 0) is 5.92 Å². The minimum Gasteiger partial charge on any atom is -0.491 e. The number of halogens is 4. The maximum absolute atomic E-state index is 15.3. The molecule has 0 amide bonds. The van der Waals surface area contributed by atoms with Crippen LogP contribution < -0.4 is 9.47 Å². The van der Waals surface area contributed by atoms with Crippen LogP contribution >= 0.6 is 0 Å². The van der Waals surface area contributed by atoms with Gasteiger partial charge in [-0.1, -0.05) is 70.5 Å². The third-order valence-corrected chi connectivity index (χ3v) is 12.4. The molecule has 0 saturated heterocycles. The molecule has 36 heavy (non-hydrogen) atoms. The average Bonchev–Trinajstić information content (AvgIpc) is 3.05. The van der Waals surface area contributed by atoms with Crippen LogP contribution in [0.3, 0.4) is 0 Å². The fourth-order valence-electron chi connectivity index (χ4n) is 4.78. The maximum atomic E-state index is 15.3. The minimum atomic E-state index is -3.81. The molecule has 0 aromatic heterocycles. The molecule has 0 radical (unpaired) electrons. The summed E-state index contributed by atoms with van der Waals surface area (Å²) in [4.78, 5) is 0. The normalized spacial score (nSPS) is 14.2. The van der Waals surface area contributed by atoms with Crippen molar-refractivity contribution in [2.24, 2.45) is 0 Å². The first kappa shape index (κ1) is 28.8. The van der Waals surface area contributed by atoms with E-state index >= 15 is 13.2 Å². The van der Waals surface area contributed by atoms with Crippen LogP contribution in [-0.4, -0.2) is 30.1 Å². The predicted molar refractivity (Wildman–Crippen MR) is 145 cm³/mol. The van der Waals surface area contributed by atoms with Crippen molar-refractivity contribution in [2.45, 2.75) is 89.3 Å². The highest BCUT2D eigenvalue weighted by Gasteiger charge is 2.50. The Morgan fingerprint density at radius 1 is 0.778 bits per heavy atom. The maximum Gasteiger partial charge on any atom is 0.305 e. The molecule has 0 saturated carbocycles. The van der Waals surface area contributed by atoms with Gasteiger partial charge in [0, 0.05) is 16.9 Å². The van der Waals surface area contributed by atoms with E-state index in [1.54, 1.807) is 0 Å². The molecule has 1 aliphatic rings.